The Morgan fingerprint density at radius 3 is 2.79 bits per heavy atom. The number of nitrogens with zero attached hydrogens (tertiary/aromatic N) is 9. The third-order valence-corrected chi connectivity index (χ3v) is 5.11. The van der Waals surface area contributed by atoms with Crippen LogP contribution >= 0.6 is 11.6 Å². The molecule has 1 atom stereocenters. The van der Waals surface area contributed by atoms with E-state index in [0.717, 1.165) is 0 Å². The molecule has 0 spiro atoms. The van der Waals surface area contributed by atoms with E-state index in [1.807, 2.05) is 31.2 Å². The van der Waals surface area contributed by atoms with Crippen LogP contribution in [0, 0.1) is 11.3 Å². The number of rotatable bonds is 6. The van der Waals surface area contributed by atoms with E-state index in [9.17, 15) is 5.26 Å². The summed E-state index contributed by atoms with van der Waals surface area (Å²) >= 11 is 6.17. The topological polar surface area (TPSA) is 120 Å². The summed E-state index contributed by atoms with van der Waals surface area (Å²) in [5.41, 5.74) is 3.64. The van der Waals surface area contributed by atoms with Crippen LogP contribution in [0.4, 0.5) is 0 Å². The molecular formula is C22H16ClN9O. The molecule has 0 saturated carbocycles. The summed E-state index contributed by atoms with van der Waals surface area (Å²) in [6, 6.07) is 16.5. The second-order valence-corrected chi connectivity index (χ2v) is 7.68. The Balaban J connectivity index is 1.48. The van der Waals surface area contributed by atoms with Gasteiger partial charge in [0.15, 0.2) is 5.65 Å². The maximum atomic E-state index is 9.51. The van der Waals surface area contributed by atoms with Crippen LogP contribution in [0.5, 0.6) is 5.88 Å². The molecule has 0 N–H and O–H groups in total. The van der Waals surface area contributed by atoms with Crippen molar-refractivity contribution in [1.82, 2.24) is 39.7 Å². The van der Waals surface area contributed by atoms with Crippen molar-refractivity contribution in [3.8, 4) is 29.0 Å². The van der Waals surface area contributed by atoms with Crippen molar-refractivity contribution in [2.24, 2.45) is 0 Å². The number of ether oxygens (including phenoxy) is 1. The minimum Gasteiger partial charge on any atom is -0.473 e. The number of halogens is 1. The first-order valence-corrected chi connectivity index (χ1v) is 10.4. The molecule has 162 valence electrons. The molecule has 0 aliphatic carbocycles. The highest BCUT2D eigenvalue weighted by atomic mass is 35.5. The van der Waals surface area contributed by atoms with E-state index in [2.05, 4.69) is 31.6 Å². The molecule has 0 fully saturated rings. The lowest BCUT2D eigenvalue weighted by Gasteiger charge is -2.14. The summed E-state index contributed by atoms with van der Waals surface area (Å²) in [6.45, 7) is 2.40. The molecule has 10 nitrogen and oxygen atoms in total. The standard InChI is InChI=1S/C22H16ClN9O/c1-14(11-31-13-26-29-30-31)33-21-4-2-3-17(27-21)18-7-8-19-22(28-18)32(12-25-19)20-9-16(23)6-5-15(20)10-24/h2-9,12-14H,11H2,1H3/t14-/m0/s1. The Kier molecular flexibility index (Phi) is 5.38. The van der Waals surface area contributed by atoms with Crippen molar-refractivity contribution in [3.05, 3.63) is 71.8 Å². The minimum absolute atomic E-state index is 0.194. The van der Waals surface area contributed by atoms with Crippen LogP contribution in [0.15, 0.2) is 61.2 Å². The zero-order valence-corrected chi connectivity index (χ0v) is 18.1. The van der Waals surface area contributed by atoms with E-state index >= 15 is 0 Å². The van der Waals surface area contributed by atoms with Crippen LogP contribution in [-0.4, -0.2) is 45.8 Å². The van der Waals surface area contributed by atoms with Gasteiger partial charge in [-0.15, -0.1) is 5.10 Å². The number of benzene rings is 1. The molecule has 0 unspecified atom stereocenters. The van der Waals surface area contributed by atoms with Gasteiger partial charge < -0.3 is 4.74 Å². The van der Waals surface area contributed by atoms with E-state index in [-0.39, 0.29) is 6.10 Å². The van der Waals surface area contributed by atoms with Gasteiger partial charge >= 0.3 is 0 Å². The second kappa shape index (κ2) is 8.64. The lowest BCUT2D eigenvalue weighted by Crippen LogP contribution is -2.20. The van der Waals surface area contributed by atoms with Gasteiger partial charge in [-0.25, -0.2) is 19.6 Å². The van der Waals surface area contributed by atoms with E-state index in [1.165, 1.54) is 6.33 Å². The Bertz CT molecular complexity index is 1470. The van der Waals surface area contributed by atoms with Crippen LogP contribution in [0.25, 0.3) is 28.2 Å². The normalized spacial score (nSPS) is 11.9. The zero-order valence-electron chi connectivity index (χ0n) is 17.4. The van der Waals surface area contributed by atoms with Crippen LogP contribution in [-0.2, 0) is 6.54 Å². The van der Waals surface area contributed by atoms with Crippen molar-refractivity contribution < 1.29 is 4.74 Å². The first-order valence-electron chi connectivity index (χ1n) is 10.00. The van der Waals surface area contributed by atoms with Gasteiger partial charge in [0.1, 0.15) is 30.3 Å². The number of nitriles is 1. The Morgan fingerprint density at radius 2 is 1.97 bits per heavy atom. The lowest BCUT2D eigenvalue weighted by atomic mass is 10.2. The fourth-order valence-electron chi connectivity index (χ4n) is 3.41. The Hall–Kier alpha value is -4.36. The third-order valence-electron chi connectivity index (χ3n) is 4.88. The molecule has 11 heteroatoms. The highest BCUT2D eigenvalue weighted by Gasteiger charge is 2.14. The van der Waals surface area contributed by atoms with Gasteiger partial charge in [-0.2, -0.15) is 5.26 Å². The average molecular weight is 458 g/mol. The van der Waals surface area contributed by atoms with Gasteiger partial charge in [0, 0.05) is 11.1 Å². The molecule has 33 heavy (non-hydrogen) atoms. The summed E-state index contributed by atoms with van der Waals surface area (Å²) in [7, 11) is 0. The van der Waals surface area contributed by atoms with Crippen LogP contribution in [0.3, 0.4) is 0 Å². The molecule has 0 aliphatic heterocycles. The highest BCUT2D eigenvalue weighted by molar-refractivity contribution is 6.30. The molecule has 5 aromatic rings. The van der Waals surface area contributed by atoms with E-state index in [0.29, 0.717) is 51.2 Å². The molecular weight excluding hydrogens is 442 g/mol. The molecule has 0 radical (unpaired) electrons. The predicted molar refractivity (Wildman–Crippen MR) is 120 cm³/mol. The fourth-order valence-corrected chi connectivity index (χ4v) is 3.57. The molecule has 4 heterocycles. The smallest absolute Gasteiger partial charge is 0.214 e. The van der Waals surface area contributed by atoms with Gasteiger partial charge in [0.05, 0.1) is 29.2 Å². The number of aromatic nitrogens is 8. The molecule has 0 saturated heterocycles. The summed E-state index contributed by atoms with van der Waals surface area (Å²) in [5, 5.41) is 21.1. The predicted octanol–water partition coefficient (Wildman–Crippen LogP) is 3.46. The van der Waals surface area contributed by atoms with Gasteiger partial charge in [0.2, 0.25) is 5.88 Å². The first kappa shape index (κ1) is 20.5. The number of hydrogen-bond acceptors (Lipinski definition) is 8. The van der Waals surface area contributed by atoms with Crippen molar-refractivity contribution in [3.63, 3.8) is 0 Å². The largest absolute Gasteiger partial charge is 0.473 e. The van der Waals surface area contributed by atoms with Crippen molar-refractivity contribution >= 4 is 22.8 Å². The average Bonchev–Trinajstić information content (AvgIpc) is 3.48. The van der Waals surface area contributed by atoms with Gasteiger partial charge in [-0.3, -0.25) is 4.57 Å². The van der Waals surface area contributed by atoms with Crippen LogP contribution in [0.2, 0.25) is 5.02 Å². The number of imidazole rings is 1. The van der Waals surface area contributed by atoms with Crippen molar-refractivity contribution in [2.45, 2.75) is 19.6 Å². The minimum atomic E-state index is -0.194. The molecule has 5 rings (SSSR count). The maximum absolute atomic E-state index is 9.51. The lowest BCUT2D eigenvalue weighted by molar-refractivity contribution is 0.185. The van der Waals surface area contributed by atoms with Crippen molar-refractivity contribution in [1.29, 1.82) is 5.26 Å². The fraction of sp³-hybridized carbons (Fsp3) is 0.136. The summed E-state index contributed by atoms with van der Waals surface area (Å²) in [5.74, 6) is 0.463. The molecule has 1 aromatic carbocycles. The maximum Gasteiger partial charge on any atom is 0.214 e. The van der Waals surface area contributed by atoms with E-state index < -0.39 is 0 Å². The quantitative estimate of drug-likeness (QED) is 0.380. The third kappa shape index (κ3) is 4.22. The summed E-state index contributed by atoms with van der Waals surface area (Å²) in [4.78, 5) is 13.8. The zero-order chi connectivity index (χ0) is 22.8. The number of hydrogen-bond donors (Lipinski definition) is 0. The molecule has 0 bridgehead atoms. The first-order chi connectivity index (χ1) is 16.1. The SMILES string of the molecule is C[C@@H](Cn1cnnn1)Oc1cccc(-c2ccc3ncn(-c4cc(Cl)ccc4C#N)c3n2)n1. The Morgan fingerprint density at radius 1 is 1.09 bits per heavy atom. The van der Waals surface area contributed by atoms with Gasteiger partial charge in [-0.05, 0) is 53.7 Å². The van der Waals surface area contributed by atoms with Crippen molar-refractivity contribution in [2.75, 3.05) is 0 Å². The Labute approximate surface area is 193 Å². The number of fused-ring (bicyclic) bond motifs is 1. The van der Waals surface area contributed by atoms with Crippen LogP contribution < -0.4 is 4.74 Å². The van der Waals surface area contributed by atoms with Gasteiger partial charge in [-0.1, -0.05) is 17.7 Å². The van der Waals surface area contributed by atoms with Crippen LogP contribution in [0.1, 0.15) is 12.5 Å². The summed E-state index contributed by atoms with van der Waals surface area (Å²) in [6.07, 6.45) is 2.96. The van der Waals surface area contributed by atoms with Gasteiger partial charge in [0.25, 0.3) is 0 Å². The highest BCUT2D eigenvalue weighted by Crippen LogP contribution is 2.26. The summed E-state index contributed by atoms with van der Waals surface area (Å²) < 4.78 is 9.28. The second-order valence-electron chi connectivity index (χ2n) is 7.25. The number of tetrazole rings is 1. The number of pyridine rings is 2. The van der Waals surface area contributed by atoms with E-state index in [4.69, 9.17) is 21.3 Å². The molecule has 0 aliphatic rings. The monoisotopic (exact) mass is 457 g/mol. The molecule has 0 amide bonds. The van der Waals surface area contributed by atoms with E-state index in [1.54, 1.807) is 39.8 Å². The molecule has 4 aromatic heterocycles.